The van der Waals surface area contributed by atoms with E-state index in [0.717, 1.165) is 32.1 Å². The van der Waals surface area contributed by atoms with Gasteiger partial charge in [-0.2, -0.15) is 0 Å². The van der Waals surface area contributed by atoms with Crippen LogP contribution in [0.1, 0.15) is 26.7 Å². The number of rotatable bonds is 5. The summed E-state index contributed by atoms with van der Waals surface area (Å²) >= 11 is 0. The third kappa shape index (κ3) is 2.23. The molecule has 1 saturated carbocycles. The maximum atomic E-state index is 11.8. The lowest BCUT2D eigenvalue weighted by Crippen LogP contribution is -2.69. The van der Waals surface area contributed by atoms with Gasteiger partial charge in [-0.15, -0.1) is 0 Å². The average molecular weight is 225 g/mol. The predicted molar refractivity (Wildman–Crippen MR) is 64.0 cm³/mol. The van der Waals surface area contributed by atoms with Crippen molar-refractivity contribution in [2.24, 2.45) is 11.7 Å². The Bertz CT molecular complexity index is 265. The van der Waals surface area contributed by atoms with Crippen molar-refractivity contribution >= 4 is 5.91 Å². The van der Waals surface area contributed by atoms with Gasteiger partial charge in [0.2, 0.25) is 5.91 Å². The van der Waals surface area contributed by atoms with Crippen molar-refractivity contribution in [1.82, 2.24) is 9.80 Å². The summed E-state index contributed by atoms with van der Waals surface area (Å²) in [6.07, 6.45) is 2.57. The van der Waals surface area contributed by atoms with Gasteiger partial charge >= 0.3 is 0 Å². The Morgan fingerprint density at radius 1 is 1.38 bits per heavy atom. The molecule has 16 heavy (non-hydrogen) atoms. The summed E-state index contributed by atoms with van der Waals surface area (Å²) in [7, 11) is 0. The van der Waals surface area contributed by atoms with Gasteiger partial charge < -0.3 is 10.6 Å². The van der Waals surface area contributed by atoms with Gasteiger partial charge in [0.25, 0.3) is 0 Å². The molecule has 0 aromatic carbocycles. The Balaban J connectivity index is 1.74. The number of likely N-dealkylation sites (N-methyl/N-ethyl adjacent to an activating group) is 1. The summed E-state index contributed by atoms with van der Waals surface area (Å²) in [6.45, 7) is 8.02. The van der Waals surface area contributed by atoms with Gasteiger partial charge in [-0.1, -0.05) is 0 Å². The minimum atomic E-state index is 0.0313. The van der Waals surface area contributed by atoms with Crippen molar-refractivity contribution in [3.8, 4) is 0 Å². The van der Waals surface area contributed by atoms with Gasteiger partial charge in [-0.25, -0.2) is 0 Å². The second-order valence-corrected chi connectivity index (χ2v) is 5.22. The molecule has 2 fully saturated rings. The molecule has 2 N–H and O–H groups in total. The van der Waals surface area contributed by atoms with Gasteiger partial charge in [0, 0.05) is 31.7 Å². The molecular formula is C12H23N3O. The number of nitrogens with two attached hydrogens (primary N) is 1. The van der Waals surface area contributed by atoms with E-state index in [9.17, 15) is 4.79 Å². The highest BCUT2D eigenvalue weighted by Crippen LogP contribution is 2.42. The number of amides is 1. The number of hydrogen-bond acceptors (Lipinski definition) is 3. The minimum Gasteiger partial charge on any atom is -0.342 e. The Morgan fingerprint density at radius 2 is 1.94 bits per heavy atom. The van der Waals surface area contributed by atoms with Crippen LogP contribution in [0, 0.1) is 5.92 Å². The monoisotopic (exact) mass is 225 g/mol. The van der Waals surface area contributed by atoms with E-state index < -0.39 is 0 Å². The summed E-state index contributed by atoms with van der Waals surface area (Å²) in [6, 6.07) is 0. The maximum absolute atomic E-state index is 11.8. The molecule has 2 rings (SSSR count). The first kappa shape index (κ1) is 11.9. The number of likely N-dealkylation sites (tertiary alicyclic amines) is 1. The Labute approximate surface area is 97.8 Å². The maximum Gasteiger partial charge on any atom is 0.236 e. The SMILES string of the molecule is CCN(CC)C(=O)CN1CC(N)(C2CC2)C1. The van der Waals surface area contributed by atoms with E-state index in [1.807, 2.05) is 18.7 Å². The van der Waals surface area contributed by atoms with E-state index in [2.05, 4.69) is 4.90 Å². The van der Waals surface area contributed by atoms with Crippen molar-refractivity contribution in [3.05, 3.63) is 0 Å². The molecule has 1 aliphatic carbocycles. The van der Waals surface area contributed by atoms with Crippen molar-refractivity contribution in [2.45, 2.75) is 32.2 Å². The molecule has 1 saturated heterocycles. The number of nitrogens with zero attached hydrogens (tertiary/aromatic N) is 2. The van der Waals surface area contributed by atoms with E-state index in [1.54, 1.807) is 0 Å². The lowest BCUT2D eigenvalue weighted by Gasteiger charge is -2.48. The van der Waals surface area contributed by atoms with Gasteiger partial charge in [0.1, 0.15) is 0 Å². The molecule has 4 nitrogen and oxygen atoms in total. The first-order chi connectivity index (χ1) is 7.59. The van der Waals surface area contributed by atoms with Crippen LogP contribution in [0.3, 0.4) is 0 Å². The first-order valence-electron chi connectivity index (χ1n) is 6.38. The highest BCUT2D eigenvalue weighted by atomic mass is 16.2. The summed E-state index contributed by atoms with van der Waals surface area (Å²) in [5.41, 5.74) is 6.28. The molecule has 1 heterocycles. The van der Waals surface area contributed by atoms with Crippen LogP contribution in [-0.2, 0) is 4.79 Å². The molecule has 1 amide bonds. The Hall–Kier alpha value is -0.610. The first-order valence-corrected chi connectivity index (χ1v) is 6.38. The molecule has 0 spiro atoms. The van der Waals surface area contributed by atoms with E-state index in [-0.39, 0.29) is 11.4 Å². The Morgan fingerprint density at radius 3 is 2.38 bits per heavy atom. The largest absolute Gasteiger partial charge is 0.342 e. The van der Waals surface area contributed by atoms with E-state index in [4.69, 9.17) is 5.73 Å². The fraction of sp³-hybridized carbons (Fsp3) is 0.917. The van der Waals surface area contributed by atoms with Crippen LogP contribution in [0.25, 0.3) is 0 Å². The summed E-state index contributed by atoms with van der Waals surface area (Å²) < 4.78 is 0. The Kier molecular flexibility index (Phi) is 3.22. The summed E-state index contributed by atoms with van der Waals surface area (Å²) in [5, 5.41) is 0. The van der Waals surface area contributed by atoms with Gasteiger partial charge in [0.05, 0.1) is 6.54 Å². The fourth-order valence-corrected chi connectivity index (χ4v) is 2.68. The average Bonchev–Trinajstić information content (AvgIpc) is 3.00. The van der Waals surface area contributed by atoms with Gasteiger partial charge in [-0.3, -0.25) is 9.69 Å². The minimum absolute atomic E-state index is 0.0313. The van der Waals surface area contributed by atoms with Crippen LogP contribution < -0.4 is 5.73 Å². The highest BCUT2D eigenvalue weighted by Gasteiger charge is 2.50. The van der Waals surface area contributed by atoms with Gasteiger partial charge in [-0.05, 0) is 32.6 Å². The molecular weight excluding hydrogens is 202 g/mol. The van der Waals surface area contributed by atoms with Crippen LogP contribution >= 0.6 is 0 Å². The van der Waals surface area contributed by atoms with Crippen LogP contribution in [0.4, 0.5) is 0 Å². The number of carbonyl (C=O) groups excluding carboxylic acids is 1. The molecule has 1 aliphatic heterocycles. The van der Waals surface area contributed by atoms with Crippen molar-refractivity contribution in [2.75, 3.05) is 32.7 Å². The van der Waals surface area contributed by atoms with Crippen LogP contribution in [0.2, 0.25) is 0 Å². The molecule has 4 heteroatoms. The van der Waals surface area contributed by atoms with Crippen LogP contribution in [-0.4, -0.2) is 54.0 Å². The summed E-state index contributed by atoms with van der Waals surface area (Å²) in [4.78, 5) is 15.9. The molecule has 0 aromatic rings. The van der Waals surface area contributed by atoms with E-state index >= 15 is 0 Å². The number of hydrogen-bond donors (Lipinski definition) is 1. The third-order valence-electron chi connectivity index (χ3n) is 3.90. The molecule has 92 valence electrons. The zero-order valence-corrected chi connectivity index (χ0v) is 10.4. The molecule has 0 unspecified atom stereocenters. The number of carbonyl (C=O) groups is 1. The molecule has 2 aliphatic rings. The molecule has 0 radical (unpaired) electrons. The van der Waals surface area contributed by atoms with Crippen molar-refractivity contribution < 1.29 is 4.79 Å². The van der Waals surface area contributed by atoms with Crippen LogP contribution in [0.15, 0.2) is 0 Å². The quantitative estimate of drug-likeness (QED) is 0.731. The fourth-order valence-electron chi connectivity index (χ4n) is 2.68. The highest BCUT2D eigenvalue weighted by molar-refractivity contribution is 5.78. The topological polar surface area (TPSA) is 49.6 Å². The molecule has 0 aromatic heterocycles. The second-order valence-electron chi connectivity index (χ2n) is 5.22. The predicted octanol–water partition coefficient (Wildman–Crippen LogP) is 0.278. The second kappa shape index (κ2) is 4.34. The zero-order chi connectivity index (χ0) is 11.8. The molecule has 0 bridgehead atoms. The van der Waals surface area contributed by atoms with Gasteiger partial charge in [0.15, 0.2) is 0 Å². The van der Waals surface area contributed by atoms with E-state index in [1.165, 1.54) is 12.8 Å². The summed E-state index contributed by atoms with van der Waals surface area (Å²) in [5.74, 6) is 0.968. The van der Waals surface area contributed by atoms with Crippen LogP contribution in [0.5, 0.6) is 0 Å². The van der Waals surface area contributed by atoms with Crippen molar-refractivity contribution in [1.29, 1.82) is 0 Å². The van der Waals surface area contributed by atoms with Crippen molar-refractivity contribution in [3.63, 3.8) is 0 Å². The van der Waals surface area contributed by atoms with E-state index in [0.29, 0.717) is 6.54 Å². The normalized spacial score (nSPS) is 23.9. The zero-order valence-electron chi connectivity index (χ0n) is 10.4. The smallest absolute Gasteiger partial charge is 0.236 e. The molecule has 0 atom stereocenters. The lowest BCUT2D eigenvalue weighted by molar-refractivity contribution is -0.134. The third-order valence-corrected chi connectivity index (χ3v) is 3.90. The standard InChI is InChI=1S/C12H23N3O/c1-3-15(4-2)11(16)7-14-8-12(13,9-14)10-5-6-10/h10H,3-9,13H2,1-2H3. The lowest BCUT2D eigenvalue weighted by atomic mass is 9.86.